The first-order valence-electron chi connectivity index (χ1n) is 10.9. The van der Waals surface area contributed by atoms with Gasteiger partial charge in [-0.2, -0.15) is 0 Å². The second kappa shape index (κ2) is 16.1. The van der Waals surface area contributed by atoms with E-state index >= 15 is 0 Å². The lowest BCUT2D eigenvalue weighted by molar-refractivity contribution is 0.0554. The van der Waals surface area contributed by atoms with Crippen molar-refractivity contribution in [3.63, 3.8) is 0 Å². The standard InChI is InChI=1S/C20H41O5P/c1-2-3-4-5-6-7-8-9-10-11-12-13-14-15-16-17-23-18-20-19-24-26(21,22)25-20/h20H,2-19H2,1H3,(H,21,22). The first-order chi connectivity index (χ1) is 12.6. The van der Waals surface area contributed by atoms with Crippen LogP contribution in [0.25, 0.3) is 0 Å². The zero-order chi connectivity index (χ0) is 18.9. The van der Waals surface area contributed by atoms with Crippen LogP contribution < -0.4 is 0 Å². The molecule has 1 rings (SSSR count). The van der Waals surface area contributed by atoms with E-state index in [4.69, 9.17) is 14.2 Å². The molecule has 0 aromatic carbocycles. The summed E-state index contributed by atoms with van der Waals surface area (Å²) in [7, 11) is -3.77. The summed E-state index contributed by atoms with van der Waals surface area (Å²) in [5.41, 5.74) is 0. The second-order valence-corrected chi connectivity index (χ2v) is 8.92. The monoisotopic (exact) mass is 392 g/mol. The van der Waals surface area contributed by atoms with Crippen LogP contribution in [0.3, 0.4) is 0 Å². The molecule has 1 fully saturated rings. The van der Waals surface area contributed by atoms with Gasteiger partial charge in [-0.15, -0.1) is 0 Å². The van der Waals surface area contributed by atoms with Gasteiger partial charge in [-0.3, -0.25) is 9.05 Å². The minimum Gasteiger partial charge on any atom is -0.379 e. The summed E-state index contributed by atoms with van der Waals surface area (Å²) < 4.78 is 26.0. The van der Waals surface area contributed by atoms with Gasteiger partial charge in [0, 0.05) is 6.61 Å². The molecule has 0 aromatic heterocycles. The molecular weight excluding hydrogens is 351 g/mol. The summed E-state index contributed by atoms with van der Waals surface area (Å²) in [4.78, 5) is 9.06. The average Bonchev–Trinajstić information content (AvgIpc) is 2.96. The Labute approximate surface area is 160 Å². The van der Waals surface area contributed by atoms with Crippen molar-refractivity contribution in [3.05, 3.63) is 0 Å². The molecule has 5 nitrogen and oxygen atoms in total. The van der Waals surface area contributed by atoms with Gasteiger partial charge in [-0.1, -0.05) is 96.8 Å². The molecule has 2 unspecified atom stereocenters. The van der Waals surface area contributed by atoms with Crippen molar-refractivity contribution in [1.82, 2.24) is 0 Å². The van der Waals surface area contributed by atoms with Crippen LogP contribution in [0.5, 0.6) is 0 Å². The van der Waals surface area contributed by atoms with Crippen molar-refractivity contribution >= 4 is 7.82 Å². The lowest BCUT2D eigenvalue weighted by Crippen LogP contribution is -2.17. The molecule has 0 aliphatic carbocycles. The van der Waals surface area contributed by atoms with Crippen LogP contribution in [-0.2, 0) is 18.3 Å². The van der Waals surface area contributed by atoms with Crippen LogP contribution in [0.1, 0.15) is 103 Å². The maximum absolute atomic E-state index is 11.1. The molecule has 1 heterocycles. The van der Waals surface area contributed by atoms with Crippen LogP contribution in [0, 0.1) is 0 Å². The van der Waals surface area contributed by atoms with Crippen molar-refractivity contribution in [1.29, 1.82) is 0 Å². The van der Waals surface area contributed by atoms with E-state index in [9.17, 15) is 4.57 Å². The molecule has 1 aliphatic rings. The number of hydrogen-bond acceptors (Lipinski definition) is 4. The van der Waals surface area contributed by atoms with Gasteiger partial charge in [-0.05, 0) is 6.42 Å². The number of phosphoric acid groups is 1. The van der Waals surface area contributed by atoms with Crippen LogP contribution in [0.15, 0.2) is 0 Å². The Morgan fingerprint density at radius 2 is 1.31 bits per heavy atom. The van der Waals surface area contributed by atoms with Crippen molar-refractivity contribution in [2.75, 3.05) is 19.8 Å². The van der Waals surface area contributed by atoms with Crippen molar-refractivity contribution in [2.45, 2.75) is 109 Å². The number of unbranched alkanes of at least 4 members (excludes halogenated alkanes) is 14. The molecule has 0 bridgehead atoms. The molecule has 0 radical (unpaired) electrons. The van der Waals surface area contributed by atoms with Gasteiger partial charge in [0.1, 0.15) is 6.10 Å². The van der Waals surface area contributed by atoms with Crippen molar-refractivity contribution < 1.29 is 23.2 Å². The number of phosphoric ester groups is 1. The highest BCUT2D eigenvalue weighted by Crippen LogP contribution is 2.49. The summed E-state index contributed by atoms with van der Waals surface area (Å²) in [5.74, 6) is 0. The Hall–Kier alpha value is 0.0700. The van der Waals surface area contributed by atoms with Crippen LogP contribution in [0.2, 0.25) is 0 Å². The third-order valence-electron chi connectivity index (χ3n) is 4.90. The maximum Gasteiger partial charge on any atom is 0.472 e. The van der Waals surface area contributed by atoms with E-state index in [0.717, 1.165) is 6.42 Å². The Balaban J connectivity index is 1.69. The molecule has 0 spiro atoms. The van der Waals surface area contributed by atoms with Gasteiger partial charge in [0.2, 0.25) is 0 Å². The fourth-order valence-electron chi connectivity index (χ4n) is 3.30. The van der Waals surface area contributed by atoms with Crippen LogP contribution >= 0.6 is 7.82 Å². The van der Waals surface area contributed by atoms with Crippen molar-refractivity contribution in [2.24, 2.45) is 0 Å². The van der Waals surface area contributed by atoms with E-state index in [1.165, 1.54) is 89.9 Å². The molecule has 1 saturated heterocycles. The van der Waals surface area contributed by atoms with Gasteiger partial charge in [0.15, 0.2) is 0 Å². The lowest BCUT2D eigenvalue weighted by atomic mass is 10.0. The van der Waals surface area contributed by atoms with Gasteiger partial charge < -0.3 is 9.63 Å². The highest BCUT2D eigenvalue weighted by atomic mass is 31.2. The molecule has 156 valence electrons. The first kappa shape index (κ1) is 24.1. The minimum absolute atomic E-state index is 0.145. The first-order valence-corrected chi connectivity index (χ1v) is 12.4. The molecule has 26 heavy (non-hydrogen) atoms. The average molecular weight is 393 g/mol. The SMILES string of the molecule is CCCCCCCCCCCCCCCCCOCC1COP(=O)(O)O1. The molecular formula is C20H41O5P. The minimum atomic E-state index is -3.77. The molecule has 0 saturated carbocycles. The molecule has 0 aromatic rings. The summed E-state index contributed by atoms with van der Waals surface area (Å²) in [6.07, 6.45) is 19.9. The summed E-state index contributed by atoms with van der Waals surface area (Å²) >= 11 is 0. The third kappa shape index (κ3) is 14.2. The molecule has 6 heteroatoms. The predicted octanol–water partition coefficient (Wildman–Crippen LogP) is 6.39. The van der Waals surface area contributed by atoms with Crippen LogP contribution in [-0.4, -0.2) is 30.8 Å². The van der Waals surface area contributed by atoms with E-state index in [2.05, 4.69) is 11.4 Å². The number of hydrogen-bond donors (Lipinski definition) is 1. The lowest BCUT2D eigenvalue weighted by Gasteiger charge is -2.08. The zero-order valence-electron chi connectivity index (χ0n) is 16.8. The smallest absolute Gasteiger partial charge is 0.379 e. The summed E-state index contributed by atoms with van der Waals surface area (Å²) in [6.45, 7) is 3.44. The highest BCUT2D eigenvalue weighted by Gasteiger charge is 2.35. The number of ether oxygens (including phenoxy) is 1. The van der Waals surface area contributed by atoms with E-state index in [0.29, 0.717) is 13.2 Å². The zero-order valence-corrected chi connectivity index (χ0v) is 17.7. The van der Waals surface area contributed by atoms with E-state index in [1.807, 2.05) is 0 Å². The van der Waals surface area contributed by atoms with Crippen LogP contribution in [0.4, 0.5) is 0 Å². The third-order valence-corrected chi connectivity index (χ3v) is 5.94. The summed E-state index contributed by atoms with van der Waals surface area (Å²) in [6, 6.07) is 0. The maximum atomic E-state index is 11.1. The highest BCUT2D eigenvalue weighted by molar-refractivity contribution is 7.47. The topological polar surface area (TPSA) is 65.0 Å². The Morgan fingerprint density at radius 3 is 1.73 bits per heavy atom. The molecule has 0 amide bonds. The molecule has 1 N–H and O–H groups in total. The van der Waals surface area contributed by atoms with Gasteiger partial charge in [0.05, 0.1) is 13.2 Å². The predicted molar refractivity (Wildman–Crippen MR) is 106 cm³/mol. The van der Waals surface area contributed by atoms with E-state index in [1.54, 1.807) is 0 Å². The fourth-order valence-corrected chi connectivity index (χ4v) is 4.21. The molecule has 2 atom stereocenters. The van der Waals surface area contributed by atoms with E-state index in [-0.39, 0.29) is 6.61 Å². The molecule has 1 aliphatic heterocycles. The van der Waals surface area contributed by atoms with E-state index < -0.39 is 13.9 Å². The second-order valence-electron chi connectivity index (χ2n) is 7.52. The van der Waals surface area contributed by atoms with Crippen molar-refractivity contribution in [3.8, 4) is 0 Å². The fraction of sp³-hybridized carbons (Fsp3) is 1.00. The normalized spacial score (nSPS) is 22.9. The Kier molecular flexibility index (Phi) is 14.9. The largest absolute Gasteiger partial charge is 0.472 e. The van der Waals surface area contributed by atoms with Gasteiger partial charge >= 0.3 is 7.82 Å². The number of rotatable bonds is 18. The Morgan fingerprint density at radius 1 is 0.846 bits per heavy atom. The van der Waals surface area contributed by atoms with Gasteiger partial charge in [0.25, 0.3) is 0 Å². The Bertz CT molecular complexity index is 364. The quantitative estimate of drug-likeness (QED) is 0.216. The van der Waals surface area contributed by atoms with Gasteiger partial charge in [-0.25, -0.2) is 4.57 Å². The summed E-state index contributed by atoms with van der Waals surface area (Å²) in [5, 5.41) is 0.